The topological polar surface area (TPSA) is 81.2 Å². The van der Waals surface area contributed by atoms with Gasteiger partial charge in [0.05, 0.1) is 0 Å². The maximum atomic E-state index is 12.0. The van der Waals surface area contributed by atoms with Crippen molar-refractivity contribution in [3.05, 3.63) is 0 Å². The number of likely N-dealkylation sites (N-methyl/N-ethyl adjacent to an activating group) is 2. The van der Waals surface area contributed by atoms with Gasteiger partial charge in [0.15, 0.2) is 5.96 Å². The predicted molar refractivity (Wildman–Crippen MR) is 131 cm³/mol. The summed E-state index contributed by atoms with van der Waals surface area (Å²) in [5.41, 5.74) is -0.493. The summed E-state index contributed by atoms with van der Waals surface area (Å²) in [6.45, 7) is 12.3. The number of carbonyl (C=O) groups is 1. The Morgan fingerprint density at radius 1 is 1.24 bits per heavy atom. The van der Waals surface area contributed by atoms with Crippen molar-refractivity contribution in [3.63, 3.8) is 0 Å². The number of nitrogens with zero attached hydrogens (tertiary/aromatic N) is 3. The molecule has 9 heteroatoms. The Morgan fingerprint density at radius 2 is 1.93 bits per heavy atom. The fourth-order valence-corrected chi connectivity index (χ4v) is 3.12. The highest BCUT2D eigenvalue weighted by Gasteiger charge is 2.23. The Balaban J connectivity index is 0.00000784. The van der Waals surface area contributed by atoms with Crippen LogP contribution in [-0.2, 0) is 4.74 Å². The van der Waals surface area contributed by atoms with E-state index in [-0.39, 0.29) is 36.1 Å². The van der Waals surface area contributed by atoms with Gasteiger partial charge in [-0.15, -0.1) is 24.0 Å². The van der Waals surface area contributed by atoms with Crippen LogP contribution in [0.1, 0.15) is 47.0 Å². The zero-order chi connectivity index (χ0) is 21.2. The summed E-state index contributed by atoms with van der Waals surface area (Å²) >= 11 is 0. The number of nitrogens with one attached hydrogen (secondary N) is 3. The average molecular weight is 527 g/mol. The van der Waals surface area contributed by atoms with E-state index in [2.05, 4.69) is 51.8 Å². The molecule has 1 rings (SSSR count). The molecule has 1 fully saturated rings. The lowest BCUT2D eigenvalue weighted by Crippen LogP contribution is -2.56. The molecule has 0 spiro atoms. The summed E-state index contributed by atoms with van der Waals surface area (Å²) in [5.74, 6) is 0.772. The van der Waals surface area contributed by atoms with E-state index in [0.717, 1.165) is 51.4 Å². The van der Waals surface area contributed by atoms with Gasteiger partial charge in [0, 0.05) is 51.9 Å². The molecule has 2 atom stereocenters. The van der Waals surface area contributed by atoms with Crippen molar-refractivity contribution in [2.75, 3.05) is 53.9 Å². The summed E-state index contributed by atoms with van der Waals surface area (Å²) in [6, 6.07) is 0.553. The van der Waals surface area contributed by atoms with Gasteiger partial charge >= 0.3 is 6.09 Å². The molecule has 1 saturated heterocycles. The van der Waals surface area contributed by atoms with Crippen LogP contribution in [0.25, 0.3) is 0 Å². The monoisotopic (exact) mass is 526 g/mol. The lowest BCUT2D eigenvalue weighted by Gasteiger charge is -2.38. The maximum absolute atomic E-state index is 12.0. The van der Waals surface area contributed by atoms with Gasteiger partial charge in [-0.25, -0.2) is 4.79 Å². The number of unbranched alkanes of at least 4 members (excludes halogenated alkanes) is 1. The molecule has 0 bridgehead atoms. The van der Waals surface area contributed by atoms with Crippen molar-refractivity contribution in [1.29, 1.82) is 0 Å². The van der Waals surface area contributed by atoms with Gasteiger partial charge in [-0.2, -0.15) is 0 Å². The fraction of sp³-hybridized carbons (Fsp3) is 0.900. The standard InChI is InChI=1S/C20H42N6O2.HI/c1-8-9-10-16(13-23-19(27)28-20(2,3)4)24-18(21-5)22-14-17-15-25(6)11-12-26(17)7;/h16-17H,8-15H2,1-7H3,(H,23,27)(H2,21,22,24);1H. The van der Waals surface area contributed by atoms with Crippen molar-refractivity contribution in [2.24, 2.45) is 4.99 Å². The van der Waals surface area contributed by atoms with Gasteiger partial charge in [-0.3, -0.25) is 9.89 Å². The van der Waals surface area contributed by atoms with Crippen molar-refractivity contribution in [2.45, 2.75) is 64.6 Å². The summed E-state index contributed by atoms with van der Waals surface area (Å²) < 4.78 is 5.34. The largest absolute Gasteiger partial charge is 0.444 e. The molecule has 0 radical (unpaired) electrons. The Bertz CT molecular complexity index is 498. The molecule has 0 aromatic rings. The number of guanidine groups is 1. The van der Waals surface area contributed by atoms with Crippen molar-refractivity contribution < 1.29 is 9.53 Å². The number of rotatable bonds is 8. The second kappa shape index (κ2) is 14.2. The lowest BCUT2D eigenvalue weighted by atomic mass is 10.1. The highest BCUT2D eigenvalue weighted by molar-refractivity contribution is 14.0. The van der Waals surface area contributed by atoms with Gasteiger partial charge in [0.2, 0.25) is 0 Å². The third kappa shape index (κ3) is 12.5. The molecule has 29 heavy (non-hydrogen) atoms. The van der Waals surface area contributed by atoms with E-state index >= 15 is 0 Å². The minimum Gasteiger partial charge on any atom is -0.444 e. The van der Waals surface area contributed by atoms with Crippen LogP contribution in [0.5, 0.6) is 0 Å². The van der Waals surface area contributed by atoms with Crippen LogP contribution in [0.2, 0.25) is 0 Å². The van der Waals surface area contributed by atoms with E-state index in [1.165, 1.54) is 0 Å². The van der Waals surface area contributed by atoms with Crippen LogP contribution in [-0.4, -0.2) is 93.4 Å². The molecule has 1 amide bonds. The lowest BCUT2D eigenvalue weighted by molar-refractivity contribution is 0.0522. The first-order valence-electron chi connectivity index (χ1n) is 10.5. The van der Waals surface area contributed by atoms with Crippen LogP contribution >= 0.6 is 24.0 Å². The smallest absolute Gasteiger partial charge is 0.407 e. The average Bonchev–Trinajstić information content (AvgIpc) is 2.61. The molecule has 172 valence electrons. The Kier molecular flexibility index (Phi) is 13.8. The first-order valence-corrected chi connectivity index (χ1v) is 10.5. The van der Waals surface area contributed by atoms with E-state index in [1.54, 1.807) is 7.05 Å². The summed E-state index contributed by atoms with van der Waals surface area (Å²) in [4.78, 5) is 21.1. The van der Waals surface area contributed by atoms with Gasteiger partial charge in [0.25, 0.3) is 0 Å². The molecule has 2 unspecified atom stereocenters. The van der Waals surface area contributed by atoms with Gasteiger partial charge < -0.3 is 25.6 Å². The van der Waals surface area contributed by atoms with E-state index < -0.39 is 5.60 Å². The molecule has 3 N–H and O–H groups in total. The quantitative estimate of drug-likeness (QED) is 0.256. The molecular weight excluding hydrogens is 483 g/mol. The molecular formula is C20H43IN6O2. The van der Waals surface area contributed by atoms with Crippen molar-refractivity contribution >= 4 is 36.0 Å². The SMILES string of the molecule is CCCCC(CNC(=O)OC(C)(C)C)NC(=NC)NCC1CN(C)CCN1C.I. The minimum atomic E-state index is -0.493. The highest BCUT2D eigenvalue weighted by Crippen LogP contribution is 2.07. The first kappa shape index (κ1) is 28.2. The third-order valence-electron chi connectivity index (χ3n) is 4.85. The summed E-state index contributed by atoms with van der Waals surface area (Å²) in [7, 11) is 6.12. The van der Waals surface area contributed by atoms with Crippen molar-refractivity contribution in [1.82, 2.24) is 25.8 Å². The second-order valence-electron chi connectivity index (χ2n) is 8.72. The number of hydrogen-bond donors (Lipinski definition) is 3. The van der Waals surface area contributed by atoms with Gasteiger partial charge in [-0.1, -0.05) is 19.8 Å². The first-order chi connectivity index (χ1) is 13.1. The predicted octanol–water partition coefficient (Wildman–Crippen LogP) is 2.10. The van der Waals surface area contributed by atoms with E-state index in [9.17, 15) is 4.79 Å². The zero-order valence-corrected chi connectivity index (χ0v) is 21.7. The fourth-order valence-electron chi connectivity index (χ4n) is 3.12. The number of halogens is 1. The number of piperazine rings is 1. The third-order valence-corrected chi connectivity index (χ3v) is 4.85. The van der Waals surface area contributed by atoms with Crippen LogP contribution in [0.4, 0.5) is 4.79 Å². The molecule has 0 aromatic carbocycles. The Hall–Kier alpha value is -0.810. The number of carbonyl (C=O) groups excluding carboxylic acids is 1. The second-order valence-corrected chi connectivity index (χ2v) is 8.72. The number of hydrogen-bond acceptors (Lipinski definition) is 5. The van der Waals surface area contributed by atoms with E-state index in [1.807, 2.05) is 20.8 Å². The zero-order valence-electron chi connectivity index (χ0n) is 19.4. The highest BCUT2D eigenvalue weighted by atomic mass is 127. The van der Waals surface area contributed by atoms with Gasteiger partial charge in [0.1, 0.15) is 5.60 Å². The molecule has 0 aromatic heterocycles. The van der Waals surface area contributed by atoms with Gasteiger partial charge in [-0.05, 0) is 41.3 Å². The molecule has 8 nitrogen and oxygen atoms in total. The van der Waals surface area contributed by atoms with Crippen LogP contribution in [0.3, 0.4) is 0 Å². The minimum absolute atomic E-state index is 0. The Labute approximate surface area is 194 Å². The number of alkyl carbamates (subject to hydrolysis) is 1. The number of amides is 1. The number of ether oxygens (including phenoxy) is 1. The van der Waals surface area contributed by atoms with Crippen LogP contribution in [0, 0.1) is 0 Å². The molecule has 1 aliphatic heterocycles. The molecule has 0 saturated carbocycles. The normalized spacial score (nSPS) is 19.8. The van der Waals surface area contributed by atoms with Crippen LogP contribution < -0.4 is 16.0 Å². The number of aliphatic imine (C=N–C) groups is 1. The van der Waals surface area contributed by atoms with E-state index in [0.29, 0.717) is 12.6 Å². The molecule has 1 heterocycles. The molecule has 1 aliphatic rings. The molecule has 0 aliphatic carbocycles. The van der Waals surface area contributed by atoms with Crippen molar-refractivity contribution in [3.8, 4) is 0 Å². The van der Waals surface area contributed by atoms with Crippen LogP contribution in [0.15, 0.2) is 4.99 Å². The maximum Gasteiger partial charge on any atom is 0.407 e. The summed E-state index contributed by atoms with van der Waals surface area (Å²) in [6.07, 6.45) is 2.76. The van der Waals surface area contributed by atoms with E-state index in [4.69, 9.17) is 4.74 Å². The Morgan fingerprint density at radius 3 is 2.52 bits per heavy atom. The summed E-state index contributed by atoms with van der Waals surface area (Å²) in [5, 5.41) is 9.78.